The molecule has 42 valence electrons. The summed E-state index contributed by atoms with van der Waals surface area (Å²) in [6, 6.07) is 0. The van der Waals surface area contributed by atoms with Crippen LogP contribution in [-0.4, -0.2) is 5.88 Å². The van der Waals surface area contributed by atoms with Gasteiger partial charge in [0.15, 0.2) is 0 Å². The Morgan fingerprint density at radius 2 is 2.43 bits per heavy atom. The van der Waals surface area contributed by atoms with Crippen molar-refractivity contribution in [3.63, 3.8) is 0 Å². The van der Waals surface area contributed by atoms with E-state index in [1.165, 1.54) is 0 Å². The summed E-state index contributed by atoms with van der Waals surface area (Å²) in [4.78, 5) is 0. The molecule has 0 radical (unpaired) electrons. The third-order valence-electron chi connectivity index (χ3n) is 0.832. The van der Waals surface area contributed by atoms with Gasteiger partial charge >= 0.3 is 0 Å². The zero-order valence-corrected chi connectivity index (χ0v) is 5.41. The molecule has 1 atom stereocenters. The van der Waals surface area contributed by atoms with Crippen LogP contribution in [-0.2, 0) is 0 Å². The highest BCUT2D eigenvalue weighted by Gasteiger charge is 1.92. The first-order valence-corrected chi connectivity index (χ1v) is 3.01. The molecule has 0 heterocycles. The summed E-state index contributed by atoms with van der Waals surface area (Å²) in [7, 11) is 0. The maximum atomic E-state index is 5.48. The van der Waals surface area contributed by atoms with Crippen LogP contribution in [0.4, 0.5) is 0 Å². The molecule has 0 aromatic carbocycles. The van der Waals surface area contributed by atoms with Crippen LogP contribution in [0.25, 0.3) is 0 Å². The molecule has 0 bridgehead atoms. The van der Waals surface area contributed by atoms with Gasteiger partial charge in [0.25, 0.3) is 0 Å². The second kappa shape index (κ2) is 4.20. The van der Waals surface area contributed by atoms with Gasteiger partial charge in [-0.15, -0.1) is 18.2 Å². The average molecular weight is 119 g/mol. The van der Waals surface area contributed by atoms with Crippen LogP contribution in [0.5, 0.6) is 0 Å². The molecule has 0 spiro atoms. The summed E-state index contributed by atoms with van der Waals surface area (Å²) >= 11 is 5.48. The van der Waals surface area contributed by atoms with E-state index >= 15 is 0 Å². The minimum Gasteiger partial charge on any atom is -0.126 e. The van der Waals surface area contributed by atoms with Gasteiger partial charge in [0, 0.05) is 5.88 Å². The van der Waals surface area contributed by atoms with Crippen LogP contribution in [0, 0.1) is 5.92 Å². The average Bonchev–Trinajstić information content (AvgIpc) is 1.68. The summed E-state index contributed by atoms with van der Waals surface area (Å²) in [5.74, 6) is 1.34. The fraction of sp³-hybridized carbons (Fsp3) is 0.667. The van der Waals surface area contributed by atoms with E-state index in [1.807, 2.05) is 6.08 Å². The van der Waals surface area contributed by atoms with Crippen LogP contribution in [0.3, 0.4) is 0 Å². The Hall–Kier alpha value is 0.0300. The maximum absolute atomic E-state index is 5.48. The van der Waals surface area contributed by atoms with Crippen molar-refractivity contribution in [3.8, 4) is 0 Å². The highest BCUT2D eigenvalue weighted by molar-refractivity contribution is 6.18. The second-order valence-corrected chi connectivity index (χ2v) is 2.09. The van der Waals surface area contributed by atoms with E-state index in [0.29, 0.717) is 5.92 Å². The number of hydrogen-bond donors (Lipinski definition) is 0. The van der Waals surface area contributed by atoms with E-state index in [2.05, 4.69) is 13.5 Å². The molecule has 0 fully saturated rings. The molecule has 0 rings (SSSR count). The Morgan fingerprint density at radius 1 is 1.86 bits per heavy atom. The molecule has 0 aliphatic carbocycles. The molecule has 0 nitrogen and oxygen atoms in total. The molecule has 0 amide bonds. The quantitative estimate of drug-likeness (QED) is 0.395. The van der Waals surface area contributed by atoms with Crippen LogP contribution in [0.15, 0.2) is 12.7 Å². The molecule has 0 aliphatic rings. The molecular weight excluding hydrogens is 108 g/mol. The van der Waals surface area contributed by atoms with Gasteiger partial charge < -0.3 is 0 Å². The van der Waals surface area contributed by atoms with Crippen molar-refractivity contribution >= 4 is 11.6 Å². The van der Waals surface area contributed by atoms with Gasteiger partial charge in [-0.25, -0.2) is 0 Å². The summed E-state index contributed by atoms with van der Waals surface area (Å²) in [6.07, 6.45) is 2.93. The Morgan fingerprint density at radius 3 is 2.57 bits per heavy atom. The zero-order valence-electron chi connectivity index (χ0n) is 4.65. The molecule has 0 aromatic rings. The fourth-order valence-corrected chi connectivity index (χ4v) is 0.474. The van der Waals surface area contributed by atoms with E-state index in [-0.39, 0.29) is 0 Å². The van der Waals surface area contributed by atoms with Gasteiger partial charge in [-0.05, 0) is 12.3 Å². The van der Waals surface area contributed by atoms with Crippen molar-refractivity contribution in [1.29, 1.82) is 0 Å². The standard InChI is InChI=1S/C6H11Cl/c1-3-4-6(2)5-7/h3,6H,1,4-5H2,2H3/t6-/m1/s1. The third kappa shape index (κ3) is 3.87. The largest absolute Gasteiger partial charge is 0.126 e. The fourth-order valence-electron chi connectivity index (χ4n) is 0.348. The van der Waals surface area contributed by atoms with Crippen molar-refractivity contribution in [2.45, 2.75) is 13.3 Å². The smallest absolute Gasteiger partial charge is 0.0252 e. The summed E-state index contributed by atoms with van der Waals surface area (Å²) in [5, 5.41) is 0. The van der Waals surface area contributed by atoms with Gasteiger partial charge in [-0.1, -0.05) is 13.0 Å². The Kier molecular flexibility index (Phi) is 4.21. The molecule has 0 saturated carbocycles. The lowest BCUT2D eigenvalue weighted by molar-refractivity contribution is 0.672. The minimum atomic E-state index is 0.596. The normalized spacial score (nSPS) is 13.4. The first kappa shape index (κ1) is 7.03. The van der Waals surface area contributed by atoms with E-state index in [4.69, 9.17) is 11.6 Å². The Balaban J connectivity index is 2.98. The van der Waals surface area contributed by atoms with Crippen molar-refractivity contribution < 1.29 is 0 Å². The number of hydrogen-bond acceptors (Lipinski definition) is 0. The van der Waals surface area contributed by atoms with Crippen molar-refractivity contribution in [1.82, 2.24) is 0 Å². The number of rotatable bonds is 3. The summed E-state index contributed by atoms with van der Waals surface area (Å²) in [6.45, 7) is 5.70. The first-order chi connectivity index (χ1) is 3.31. The zero-order chi connectivity index (χ0) is 5.70. The van der Waals surface area contributed by atoms with Gasteiger partial charge in [0.05, 0.1) is 0 Å². The SMILES string of the molecule is C=CC[C@@H](C)CCl. The number of alkyl halides is 1. The van der Waals surface area contributed by atoms with Gasteiger partial charge in [-0.3, -0.25) is 0 Å². The second-order valence-electron chi connectivity index (χ2n) is 1.78. The lowest BCUT2D eigenvalue weighted by Gasteiger charge is -1.98. The molecule has 0 saturated heterocycles. The third-order valence-corrected chi connectivity index (χ3v) is 1.36. The monoisotopic (exact) mass is 118 g/mol. The highest BCUT2D eigenvalue weighted by Crippen LogP contribution is 2.02. The van der Waals surface area contributed by atoms with Crippen LogP contribution < -0.4 is 0 Å². The Labute approximate surface area is 50.2 Å². The van der Waals surface area contributed by atoms with E-state index in [0.717, 1.165) is 12.3 Å². The van der Waals surface area contributed by atoms with E-state index in [1.54, 1.807) is 0 Å². The lowest BCUT2D eigenvalue weighted by atomic mass is 10.1. The first-order valence-electron chi connectivity index (χ1n) is 2.48. The Bertz CT molecular complexity index is 50.1. The predicted molar refractivity (Wildman–Crippen MR) is 34.7 cm³/mol. The van der Waals surface area contributed by atoms with Gasteiger partial charge in [0.2, 0.25) is 0 Å². The lowest BCUT2D eigenvalue weighted by Crippen LogP contribution is -1.91. The predicted octanol–water partition coefficient (Wildman–Crippen LogP) is 2.44. The topological polar surface area (TPSA) is 0 Å². The van der Waals surface area contributed by atoms with Gasteiger partial charge in [0.1, 0.15) is 0 Å². The molecule has 0 aliphatic heterocycles. The van der Waals surface area contributed by atoms with E-state index in [9.17, 15) is 0 Å². The highest BCUT2D eigenvalue weighted by atomic mass is 35.5. The van der Waals surface area contributed by atoms with Crippen LogP contribution in [0.2, 0.25) is 0 Å². The molecule has 0 aromatic heterocycles. The minimum absolute atomic E-state index is 0.596. The molecule has 1 heteroatoms. The summed E-state index contributed by atoms with van der Waals surface area (Å²) < 4.78 is 0. The molecular formula is C6H11Cl. The van der Waals surface area contributed by atoms with Gasteiger partial charge in [-0.2, -0.15) is 0 Å². The maximum Gasteiger partial charge on any atom is 0.0252 e. The summed E-state index contributed by atoms with van der Waals surface area (Å²) in [5.41, 5.74) is 0. The van der Waals surface area contributed by atoms with Crippen LogP contribution >= 0.6 is 11.6 Å². The van der Waals surface area contributed by atoms with Crippen molar-refractivity contribution in [2.75, 3.05) is 5.88 Å². The van der Waals surface area contributed by atoms with Crippen molar-refractivity contribution in [2.24, 2.45) is 5.92 Å². The number of allylic oxidation sites excluding steroid dienone is 1. The van der Waals surface area contributed by atoms with Crippen LogP contribution in [0.1, 0.15) is 13.3 Å². The molecule has 7 heavy (non-hydrogen) atoms. The van der Waals surface area contributed by atoms with Crippen molar-refractivity contribution in [3.05, 3.63) is 12.7 Å². The molecule has 0 unspecified atom stereocenters. The number of halogens is 1. The molecule has 0 N–H and O–H groups in total. The van der Waals surface area contributed by atoms with E-state index < -0.39 is 0 Å².